The third-order valence-corrected chi connectivity index (χ3v) is 8.56. The first-order valence-corrected chi connectivity index (χ1v) is 11.7. The Labute approximate surface area is 184 Å². The van der Waals surface area contributed by atoms with Crippen LogP contribution < -0.4 is 4.57 Å². The number of hydrogen-bond acceptors (Lipinski definition) is 0. The molecule has 1 fully saturated rings. The number of benzene rings is 3. The normalized spacial score (nSPS) is 22.1. The molecule has 1 aromatic heterocycles. The van der Waals surface area contributed by atoms with Gasteiger partial charge in [-0.2, -0.15) is 4.57 Å². The van der Waals surface area contributed by atoms with Crippen molar-refractivity contribution in [1.29, 1.82) is 0 Å². The molecule has 3 aliphatic rings. The van der Waals surface area contributed by atoms with E-state index in [4.69, 9.17) is 0 Å². The van der Waals surface area contributed by atoms with Gasteiger partial charge < -0.3 is 0 Å². The second-order valence-corrected chi connectivity index (χ2v) is 10.6. The summed E-state index contributed by atoms with van der Waals surface area (Å²) in [7, 11) is 2.23. The molecule has 0 N–H and O–H groups in total. The lowest BCUT2D eigenvalue weighted by Gasteiger charge is -2.21. The van der Waals surface area contributed by atoms with E-state index in [0.717, 1.165) is 11.8 Å². The monoisotopic (exact) mass is 405 g/mol. The van der Waals surface area contributed by atoms with Crippen LogP contribution in [0.4, 0.5) is 0 Å². The highest BCUT2D eigenvalue weighted by Gasteiger charge is 2.42. The number of aromatic nitrogens is 2. The van der Waals surface area contributed by atoms with Crippen molar-refractivity contribution < 1.29 is 4.57 Å². The van der Waals surface area contributed by atoms with Crippen molar-refractivity contribution in [1.82, 2.24) is 4.57 Å². The molecule has 2 unspecified atom stereocenters. The molecule has 4 aromatic rings. The van der Waals surface area contributed by atoms with Crippen LogP contribution in [0.15, 0.2) is 54.9 Å². The topological polar surface area (TPSA) is 8.81 Å². The van der Waals surface area contributed by atoms with Crippen molar-refractivity contribution in [2.24, 2.45) is 7.05 Å². The highest BCUT2D eigenvalue weighted by molar-refractivity contribution is 5.84. The van der Waals surface area contributed by atoms with Crippen molar-refractivity contribution in [3.05, 3.63) is 82.7 Å². The van der Waals surface area contributed by atoms with Gasteiger partial charge in [-0.15, -0.1) is 0 Å². The van der Waals surface area contributed by atoms with E-state index < -0.39 is 0 Å². The smallest absolute Gasteiger partial charge is 0.232 e. The Kier molecular flexibility index (Phi) is 3.25. The number of hydrogen-bond donors (Lipinski definition) is 0. The van der Waals surface area contributed by atoms with E-state index in [2.05, 4.69) is 91.8 Å². The molecule has 1 saturated carbocycles. The summed E-state index contributed by atoms with van der Waals surface area (Å²) >= 11 is 0. The van der Waals surface area contributed by atoms with E-state index in [0.29, 0.717) is 0 Å². The second kappa shape index (κ2) is 5.68. The van der Waals surface area contributed by atoms with Gasteiger partial charge in [-0.25, -0.2) is 4.57 Å². The molecule has 7 rings (SSSR count). The quantitative estimate of drug-likeness (QED) is 0.323. The summed E-state index contributed by atoms with van der Waals surface area (Å²) in [5, 5.41) is 0. The highest BCUT2D eigenvalue weighted by Crippen LogP contribution is 2.56. The molecule has 0 radical (unpaired) electrons. The summed E-state index contributed by atoms with van der Waals surface area (Å²) in [5.41, 5.74) is 14.6. The van der Waals surface area contributed by atoms with Crippen LogP contribution >= 0.6 is 0 Å². The third kappa shape index (κ3) is 2.11. The highest BCUT2D eigenvalue weighted by atomic mass is 15.1. The molecule has 0 spiro atoms. The lowest BCUT2D eigenvalue weighted by Crippen LogP contribution is -2.27. The Hall–Kier alpha value is -2.87. The first kappa shape index (κ1) is 17.8. The number of aryl methyl sites for hydroxylation is 2. The molecule has 31 heavy (non-hydrogen) atoms. The zero-order chi connectivity index (χ0) is 21.1. The number of imidazole rings is 1. The summed E-state index contributed by atoms with van der Waals surface area (Å²) < 4.78 is 4.80. The lowest BCUT2D eigenvalue weighted by atomic mass is 9.82. The minimum atomic E-state index is 0.0311. The van der Waals surface area contributed by atoms with Crippen LogP contribution in [0.1, 0.15) is 72.8 Å². The zero-order valence-electron chi connectivity index (χ0n) is 18.9. The summed E-state index contributed by atoms with van der Waals surface area (Å²) in [6.07, 6.45) is 6.42. The van der Waals surface area contributed by atoms with Crippen molar-refractivity contribution in [2.75, 3.05) is 0 Å². The predicted octanol–water partition coefficient (Wildman–Crippen LogP) is 6.43. The van der Waals surface area contributed by atoms with E-state index in [1.807, 2.05) is 0 Å². The van der Waals surface area contributed by atoms with Crippen LogP contribution in [0, 0.1) is 6.92 Å². The van der Waals surface area contributed by atoms with E-state index in [9.17, 15) is 0 Å². The maximum Gasteiger partial charge on any atom is 0.249 e. The van der Waals surface area contributed by atoms with Gasteiger partial charge in [-0.3, -0.25) is 0 Å². The molecule has 0 aliphatic heterocycles. The first-order valence-electron chi connectivity index (χ1n) is 11.7. The molecular weight excluding hydrogens is 376 g/mol. The van der Waals surface area contributed by atoms with E-state index in [1.54, 1.807) is 11.1 Å². The Morgan fingerprint density at radius 1 is 0.903 bits per heavy atom. The first-order chi connectivity index (χ1) is 14.9. The molecule has 2 atom stereocenters. The molecule has 3 aromatic carbocycles. The Balaban J connectivity index is 1.47. The van der Waals surface area contributed by atoms with Crippen molar-refractivity contribution in [3.63, 3.8) is 0 Å². The maximum absolute atomic E-state index is 2.45. The Morgan fingerprint density at radius 3 is 2.48 bits per heavy atom. The number of rotatable bonds is 1. The average Bonchev–Trinajstić information content (AvgIpc) is 3.51. The molecule has 1 heterocycles. The van der Waals surface area contributed by atoms with Gasteiger partial charge in [0.2, 0.25) is 6.33 Å². The summed E-state index contributed by atoms with van der Waals surface area (Å²) in [6, 6.07) is 18.4. The van der Waals surface area contributed by atoms with Gasteiger partial charge in [0.1, 0.15) is 5.69 Å². The standard InChI is InChI=1S/C29H29N2/c1-17-13-25-28(27-19-10-9-18(14-19)26(17)27)30(4)16-31(25)20-11-12-22-21-7-5-6-8-23(21)29(2,3)24(22)15-20/h5-8,11-13,15-16,18-19H,9-10,14H2,1-4H3/q+1. The van der Waals surface area contributed by atoms with E-state index in [1.165, 1.54) is 63.8 Å². The van der Waals surface area contributed by atoms with Gasteiger partial charge >= 0.3 is 0 Å². The van der Waals surface area contributed by atoms with Gasteiger partial charge in [0.05, 0.1) is 7.05 Å². The zero-order valence-corrected chi connectivity index (χ0v) is 18.9. The summed E-state index contributed by atoms with van der Waals surface area (Å²) in [5.74, 6) is 1.56. The van der Waals surface area contributed by atoms with E-state index >= 15 is 0 Å². The third-order valence-electron chi connectivity index (χ3n) is 8.56. The molecular formula is C29H29N2+. The Morgan fingerprint density at radius 2 is 1.65 bits per heavy atom. The molecule has 2 nitrogen and oxygen atoms in total. The predicted molar refractivity (Wildman–Crippen MR) is 126 cm³/mol. The molecule has 2 bridgehead atoms. The van der Waals surface area contributed by atoms with Gasteiger partial charge in [0.25, 0.3) is 0 Å². The van der Waals surface area contributed by atoms with Crippen LogP contribution in [0.5, 0.6) is 0 Å². The minimum absolute atomic E-state index is 0.0311. The number of fused-ring (bicyclic) bond motifs is 10. The molecule has 2 heteroatoms. The van der Waals surface area contributed by atoms with Gasteiger partial charge in [0.15, 0.2) is 11.0 Å². The van der Waals surface area contributed by atoms with Crippen molar-refractivity contribution in [2.45, 2.75) is 57.3 Å². The summed E-state index contributed by atoms with van der Waals surface area (Å²) in [4.78, 5) is 0. The Bertz CT molecular complexity index is 1420. The minimum Gasteiger partial charge on any atom is -0.232 e. The van der Waals surface area contributed by atoms with Crippen molar-refractivity contribution >= 4 is 11.0 Å². The average molecular weight is 406 g/mol. The largest absolute Gasteiger partial charge is 0.249 e. The van der Waals surface area contributed by atoms with Crippen LogP contribution in [0.25, 0.3) is 27.8 Å². The van der Waals surface area contributed by atoms with Gasteiger partial charge in [-0.05, 0) is 95.7 Å². The van der Waals surface area contributed by atoms with Crippen LogP contribution in [0.2, 0.25) is 0 Å². The fourth-order valence-electron chi connectivity index (χ4n) is 7.19. The van der Waals surface area contributed by atoms with Crippen molar-refractivity contribution in [3.8, 4) is 16.8 Å². The lowest BCUT2D eigenvalue weighted by molar-refractivity contribution is -0.645. The second-order valence-electron chi connectivity index (χ2n) is 10.6. The number of nitrogens with zero attached hydrogens (tertiary/aromatic N) is 2. The molecule has 0 saturated heterocycles. The van der Waals surface area contributed by atoms with Crippen LogP contribution in [-0.4, -0.2) is 4.57 Å². The maximum atomic E-state index is 2.45. The SMILES string of the molecule is Cc1cc2c(c3c1C1CCC3C1)[n+](C)cn2-c1ccc2c(c1)C(C)(C)c1ccccc1-2. The summed E-state index contributed by atoms with van der Waals surface area (Å²) in [6.45, 7) is 7.06. The van der Waals surface area contributed by atoms with E-state index in [-0.39, 0.29) is 5.41 Å². The fourth-order valence-corrected chi connectivity index (χ4v) is 7.19. The molecule has 154 valence electrons. The van der Waals surface area contributed by atoms with Gasteiger partial charge in [0, 0.05) is 11.0 Å². The molecule has 0 amide bonds. The molecule has 3 aliphatic carbocycles. The fraction of sp³-hybridized carbons (Fsp3) is 0.345. The van der Waals surface area contributed by atoms with Gasteiger partial charge in [-0.1, -0.05) is 38.1 Å². The van der Waals surface area contributed by atoms with Crippen LogP contribution in [0.3, 0.4) is 0 Å². The van der Waals surface area contributed by atoms with Crippen LogP contribution in [-0.2, 0) is 12.5 Å².